The highest BCUT2D eigenvalue weighted by molar-refractivity contribution is 5.50. The summed E-state index contributed by atoms with van der Waals surface area (Å²) in [5.41, 5.74) is -4.09. The Bertz CT molecular complexity index is 1390. The van der Waals surface area contributed by atoms with E-state index in [1.807, 2.05) is 11.8 Å². The summed E-state index contributed by atoms with van der Waals surface area (Å²) in [4.78, 5) is 0. The van der Waals surface area contributed by atoms with Gasteiger partial charge in [-0.1, -0.05) is 29.8 Å². The lowest BCUT2D eigenvalue weighted by Gasteiger charge is -2.09. The molecular weight excluding hydrogens is 495 g/mol. The molecular formula is C27H13F9. The largest absolute Gasteiger partial charge is 0.422 e. The maximum Gasteiger partial charge on any atom is 0.422 e. The molecule has 0 aliphatic rings. The Balaban J connectivity index is 1.91. The van der Waals surface area contributed by atoms with E-state index in [1.54, 1.807) is 6.08 Å². The highest BCUT2D eigenvalue weighted by atomic mass is 19.4. The number of allylic oxidation sites excluding steroid dienone is 1. The van der Waals surface area contributed by atoms with Gasteiger partial charge in [0.2, 0.25) is 0 Å². The molecule has 36 heavy (non-hydrogen) atoms. The number of hydrogen-bond donors (Lipinski definition) is 0. The van der Waals surface area contributed by atoms with Crippen molar-refractivity contribution in [2.75, 3.05) is 0 Å². The molecule has 0 nitrogen and oxygen atoms in total. The van der Waals surface area contributed by atoms with Crippen LogP contribution >= 0.6 is 0 Å². The predicted molar refractivity (Wildman–Crippen MR) is 115 cm³/mol. The minimum Gasteiger partial charge on any atom is -0.206 e. The molecule has 0 aliphatic heterocycles. The van der Waals surface area contributed by atoms with Crippen molar-refractivity contribution in [2.24, 2.45) is 0 Å². The van der Waals surface area contributed by atoms with Crippen LogP contribution < -0.4 is 0 Å². The van der Waals surface area contributed by atoms with Crippen LogP contribution in [0, 0.1) is 58.6 Å². The number of aryl methyl sites for hydroxylation is 1. The number of rotatable bonds is 3. The third-order valence-corrected chi connectivity index (χ3v) is 4.77. The van der Waals surface area contributed by atoms with Crippen LogP contribution in [0.3, 0.4) is 0 Å². The second kappa shape index (κ2) is 10.7. The van der Waals surface area contributed by atoms with Crippen LogP contribution in [-0.4, -0.2) is 0 Å². The van der Waals surface area contributed by atoms with E-state index in [1.165, 1.54) is 0 Å². The minimum atomic E-state index is -5.28. The van der Waals surface area contributed by atoms with Crippen LogP contribution in [0.5, 0.6) is 0 Å². The molecule has 184 valence electrons. The van der Waals surface area contributed by atoms with E-state index >= 15 is 0 Å². The average molecular weight is 508 g/mol. The fraction of sp³-hybridized carbons (Fsp3) is 0.111. The van der Waals surface area contributed by atoms with Gasteiger partial charge in [-0.15, -0.1) is 6.58 Å². The maximum absolute atomic E-state index is 14.4. The van der Waals surface area contributed by atoms with Gasteiger partial charge >= 0.3 is 6.18 Å². The normalized spacial score (nSPS) is 10.8. The highest BCUT2D eigenvalue weighted by Crippen LogP contribution is 2.33. The van der Waals surface area contributed by atoms with Crippen LogP contribution in [0.1, 0.15) is 39.8 Å². The fourth-order valence-corrected chi connectivity index (χ4v) is 3.11. The average Bonchev–Trinajstić information content (AvgIpc) is 2.75. The van der Waals surface area contributed by atoms with Crippen molar-refractivity contribution in [3.8, 4) is 23.7 Å². The standard InChI is InChI=1S/C27H13F9/c1-2-3-4-15-9-20(28)18(21(29)10-15)7-5-16-11-22(30)19(23(31)12-16)8-6-17-13-24(32)26(25(33)14-17)27(34,35)36/h2,9-14H,1,3-4H2. The lowest BCUT2D eigenvalue weighted by molar-refractivity contribution is -0.142. The quantitative estimate of drug-likeness (QED) is 0.196. The Hall–Kier alpha value is -4.11. The molecule has 0 heterocycles. The van der Waals surface area contributed by atoms with Crippen molar-refractivity contribution in [2.45, 2.75) is 19.0 Å². The first-order chi connectivity index (χ1) is 16.9. The van der Waals surface area contributed by atoms with Crippen molar-refractivity contribution >= 4 is 0 Å². The SMILES string of the molecule is C=CCCc1cc(F)c(C#Cc2cc(F)c(C#Cc3cc(F)c(C(F)(F)F)c(F)c3)c(F)c2)c(F)c1. The summed E-state index contributed by atoms with van der Waals surface area (Å²) in [7, 11) is 0. The molecule has 0 saturated heterocycles. The van der Waals surface area contributed by atoms with E-state index in [-0.39, 0.29) is 17.7 Å². The van der Waals surface area contributed by atoms with E-state index < -0.39 is 63.3 Å². The van der Waals surface area contributed by atoms with Crippen molar-refractivity contribution in [3.05, 3.63) is 117 Å². The highest BCUT2D eigenvalue weighted by Gasteiger charge is 2.37. The van der Waals surface area contributed by atoms with Crippen molar-refractivity contribution in [1.29, 1.82) is 0 Å². The van der Waals surface area contributed by atoms with Crippen LogP contribution in [0.15, 0.2) is 49.1 Å². The van der Waals surface area contributed by atoms with E-state index in [9.17, 15) is 39.5 Å². The van der Waals surface area contributed by atoms with Gasteiger partial charge in [0.25, 0.3) is 0 Å². The van der Waals surface area contributed by atoms with Gasteiger partial charge in [0.15, 0.2) is 0 Å². The summed E-state index contributed by atoms with van der Waals surface area (Å²) in [5, 5.41) is 0. The van der Waals surface area contributed by atoms with Crippen LogP contribution in [0.4, 0.5) is 39.5 Å². The van der Waals surface area contributed by atoms with Crippen LogP contribution in [-0.2, 0) is 12.6 Å². The fourth-order valence-electron chi connectivity index (χ4n) is 3.11. The second-order valence-corrected chi connectivity index (χ2v) is 7.39. The second-order valence-electron chi connectivity index (χ2n) is 7.39. The van der Waals surface area contributed by atoms with Gasteiger partial charge in [0.05, 0.1) is 11.1 Å². The van der Waals surface area contributed by atoms with Crippen molar-refractivity contribution in [3.63, 3.8) is 0 Å². The first-order valence-corrected chi connectivity index (χ1v) is 10.1. The molecule has 0 unspecified atom stereocenters. The molecule has 0 aromatic heterocycles. The number of alkyl halides is 3. The molecule has 0 fully saturated rings. The predicted octanol–water partition coefficient (Wildman–Crippen LogP) is 7.46. The Morgan fingerprint density at radius 1 is 0.611 bits per heavy atom. The molecule has 3 aromatic carbocycles. The van der Waals surface area contributed by atoms with Gasteiger partial charge in [-0.3, -0.25) is 0 Å². The van der Waals surface area contributed by atoms with E-state index in [4.69, 9.17) is 0 Å². The summed E-state index contributed by atoms with van der Waals surface area (Å²) >= 11 is 0. The molecule has 0 spiro atoms. The summed E-state index contributed by atoms with van der Waals surface area (Å²) in [6, 6.07) is 4.15. The molecule has 0 aliphatic carbocycles. The zero-order valence-electron chi connectivity index (χ0n) is 18.1. The van der Waals surface area contributed by atoms with Gasteiger partial charge < -0.3 is 0 Å². The zero-order valence-corrected chi connectivity index (χ0v) is 18.1. The number of halogens is 9. The van der Waals surface area contributed by atoms with E-state index in [0.29, 0.717) is 30.5 Å². The van der Waals surface area contributed by atoms with Gasteiger partial charge in [-0.05, 0) is 54.8 Å². The molecule has 3 aromatic rings. The van der Waals surface area contributed by atoms with Gasteiger partial charge in [-0.25, -0.2) is 26.3 Å². The first-order valence-electron chi connectivity index (χ1n) is 10.1. The third kappa shape index (κ3) is 6.11. The lowest BCUT2D eigenvalue weighted by atomic mass is 10.0. The summed E-state index contributed by atoms with van der Waals surface area (Å²) in [5.74, 6) is 0.0610. The van der Waals surface area contributed by atoms with Gasteiger partial charge in [0.1, 0.15) is 40.5 Å². The summed E-state index contributed by atoms with van der Waals surface area (Å²) in [6.07, 6.45) is -2.84. The molecule has 0 bridgehead atoms. The third-order valence-electron chi connectivity index (χ3n) is 4.77. The summed E-state index contributed by atoms with van der Waals surface area (Å²) < 4.78 is 122. The van der Waals surface area contributed by atoms with Gasteiger partial charge in [-0.2, -0.15) is 13.2 Å². The molecule has 9 heteroatoms. The monoisotopic (exact) mass is 508 g/mol. The minimum absolute atomic E-state index is 0.278. The zero-order chi connectivity index (χ0) is 26.6. The smallest absolute Gasteiger partial charge is 0.206 e. The molecule has 0 atom stereocenters. The summed E-state index contributed by atoms with van der Waals surface area (Å²) in [6.45, 7) is 3.52. The molecule has 0 saturated carbocycles. The van der Waals surface area contributed by atoms with Crippen LogP contribution in [0.2, 0.25) is 0 Å². The Labute approximate surface area is 200 Å². The molecule has 0 radical (unpaired) electrons. The maximum atomic E-state index is 14.4. The Kier molecular flexibility index (Phi) is 7.84. The van der Waals surface area contributed by atoms with Crippen LogP contribution in [0.25, 0.3) is 0 Å². The molecule has 0 N–H and O–H groups in total. The first kappa shape index (κ1) is 26.5. The molecule has 0 amide bonds. The number of benzene rings is 3. The van der Waals surface area contributed by atoms with E-state index in [0.717, 1.165) is 12.1 Å². The topological polar surface area (TPSA) is 0 Å². The van der Waals surface area contributed by atoms with Gasteiger partial charge in [0, 0.05) is 11.1 Å². The van der Waals surface area contributed by atoms with E-state index in [2.05, 4.69) is 18.4 Å². The van der Waals surface area contributed by atoms with Crippen molar-refractivity contribution < 1.29 is 39.5 Å². The Morgan fingerprint density at radius 3 is 1.39 bits per heavy atom. The Morgan fingerprint density at radius 2 is 1.00 bits per heavy atom. The van der Waals surface area contributed by atoms with Crippen molar-refractivity contribution in [1.82, 2.24) is 0 Å². The number of hydrogen-bond acceptors (Lipinski definition) is 0. The molecule has 3 rings (SSSR count). The lowest BCUT2D eigenvalue weighted by Crippen LogP contribution is -2.11.